The van der Waals surface area contributed by atoms with Crippen LogP contribution in [0, 0.1) is 5.92 Å². The molecule has 0 spiro atoms. The van der Waals surface area contributed by atoms with Crippen molar-refractivity contribution in [3.63, 3.8) is 0 Å². The number of rotatable bonds is 11. The van der Waals surface area contributed by atoms with Crippen LogP contribution in [-0.4, -0.2) is 68.1 Å². The zero-order valence-corrected chi connectivity index (χ0v) is 17.1. The summed E-state index contributed by atoms with van der Waals surface area (Å²) < 4.78 is 0. The van der Waals surface area contributed by atoms with E-state index in [1.54, 1.807) is 6.92 Å². The molecule has 0 bridgehead atoms. The molecule has 0 aliphatic heterocycles. The first-order chi connectivity index (χ1) is 12.3. The van der Waals surface area contributed by atoms with Crippen LogP contribution in [0.15, 0.2) is 0 Å². The molecule has 0 saturated heterocycles. The Morgan fingerprint density at radius 3 is 1.65 bits per heavy atom. The third kappa shape index (κ3) is 43.6. The predicted octanol–water partition coefficient (Wildman–Crippen LogP) is -0.989. The molecule has 162 valence electrons. The number of aliphatic hydroxyl groups is 1. The van der Waals surface area contributed by atoms with Crippen molar-refractivity contribution in [2.45, 2.75) is 52.6 Å². The van der Waals surface area contributed by atoms with Gasteiger partial charge in [0.25, 0.3) is 0 Å². The largest absolute Gasteiger partial charge is 0.481 e. The molecule has 0 amide bonds. The number of carboxylic acid groups (broad SMARTS) is 1. The van der Waals surface area contributed by atoms with E-state index in [4.69, 9.17) is 38.9 Å². The van der Waals surface area contributed by atoms with Gasteiger partial charge in [-0.05, 0) is 19.8 Å². The van der Waals surface area contributed by atoms with Crippen LogP contribution in [0.3, 0.4) is 0 Å². The van der Waals surface area contributed by atoms with Crippen molar-refractivity contribution < 1.29 is 15.0 Å². The van der Waals surface area contributed by atoms with Gasteiger partial charge in [-0.1, -0.05) is 26.7 Å². The predicted molar refractivity (Wildman–Crippen MR) is 111 cm³/mol. The monoisotopic (exact) mass is 382 g/mol. The number of unbranched alkanes of at least 4 members (excludes halogenated alkanes) is 1. The second-order valence-electron chi connectivity index (χ2n) is 5.58. The second kappa shape index (κ2) is 31.9. The molecular formula is C17H46N6O3. The van der Waals surface area contributed by atoms with Crippen molar-refractivity contribution in [3.8, 4) is 0 Å². The van der Waals surface area contributed by atoms with Crippen LogP contribution in [0.5, 0.6) is 0 Å². The number of carbonyl (C=O) groups is 1. The summed E-state index contributed by atoms with van der Waals surface area (Å²) in [4.78, 5) is 10.4. The van der Waals surface area contributed by atoms with Crippen molar-refractivity contribution in [2.75, 3.05) is 45.8 Å². The lowest BCUT2D eigenvalue weighted by Crippen LogP contribution is -2.29. The van der Waals surface area contributed by atoms with Gasteiger partial charge < -0.3 is 44.2 Å². The number of aliphatic hydroxyl groups excluding tert-OH is 1. The second-order valence-corrected chi connectivity index (χ2v) is 5.58. The molecule has 13 N–H and O–H groups in total. The zero-order chi connectivity index (χ0) is 21.2. The lowest BCUT2D eigenvalue weighted by atomic mass is 10.00. The maximum absolute atomic E-state index is 10.4. The standard InChI is InChI=1S/C8H16O2.C5H14N2O.2C2H8N2/c1-3-5-6-7(4-2)8(9)10;1-5(8)4-7-3-2-6;2*3-1-2-4/h7H,3-6H2,1-2H3,(H,9,10);5,7-8H,2-4,6H2,1H3;2*1-4H2. The average molecular weight is 383 g/mol. The van der Waals surface area contributed by atoms with E-state index in [1.807, 2.05) is 6.92 Å². The molecule has 0 heterocycles. The van der Waals surface area contributed by atoms with Crippen molar-refractivity contribution in [1.82, 2.24) is 5.32 Å². The fraction of sp³-hybridized carbons (Fsp3) is 0.941. The van der Waals surface area contributed by atoms with E-state index >= 15 is 0 Å². The van der Waals surface area contributed by atoms with Crippen LogP contribution in [0.25, 0.3) is 0 Å². The molecule has 0 fully saturated rings. The summed E-state index contributed by atoms with van der Waals surface area (Å²) in [5.74, 6) is -0.754. The Balaban J connectivity index is -0.000000135. The number of nitrogens with one attached hydrogen (secondary N) is 1. The third-order valence-electron chi connectivity index (χ3n) is 2.84. The summed E-state index contributed by atoms with van der Waals surface area (Å²) in [5.41, 5.74) is 24.8. The summed E-state index contributed by atoms with van der Waals surface area (Å²) in [6, 6.07) is 0. The summed E-state index contributed by atoms with van der Waals surface area (Å²) in [6.45, 7) is 10.2. The quantitative estimate of drug-likeness (QED) is 0.206. The van der Waals surface area contributed by atoms with Crippen LogP contribution in [0.1, 0.15) is 46.5 Å². The van der Waals surface area contributed by atoms with E-state index in [9.17, 15) is 4.79 Å². The Labute approximate surface area is 160 Å². The van der Waals surface area contributed by atoms with Crippen molar-refractivity contribution >= 4 is 5.97 Å². The average Bonchev–Trinajstić information content (AvgIpc) is 2.63. The Morgan fingerprint density at radius 2 is 1.42 bits per heavy atom. The highest BCUT2D eigenvalue weighted by Gasteiger charge is 2.12. The van der Waals surface area contributed by atoms with Crippen LogP contribution in [0.4, 0.5) is 0 Å². The summed E-state index contributed by atoms with van der Waals surface area (Å²) in [7, 11) is 0. The first-order valence-electron chi connectivity index (χ1n) is 9.44. The first-order valence-corrected chi connectivity index (χ1v) is 9.44. The highest BCUT2D eigenvalue weighted by molar-refractivity contribution is 5.69. The van der Waals surface area contributed by atoms with Gasteiger partial charge >= 0.3 is 5.97 Å². The summed E-state index contributed by atoms with van der Waals surface area (Å²) >= 11 is 0. The molecule has 0 saturated carbocycles. The fourth-order valence-corrected chi connectivity index (χ4v) is 1.37. The molecule has 9 nitrogen and oxygen atoms in total. The van der Waals surface area contributed by atoms with Gasteiger partial charge in [-0.25, -0.2) is 0 Å². The molecule has 0 aromatic heterocycles. The van der Waals surface area contributed by atoms with Gasteiger partial charge in [-0.3, -0.25) is 4.79 Å². The highest BCUT2D eigenvalue weighted by atomic mass is 16.4. The highest BCUT2D eigenvalue weighted by Crippen LogP contribution is 2.11. The van der Waals surface area contributed by atoms with Crippen molar-refractivity contribution in [1.29, 1.82) is 0 Å². The Morgan fingerprint density at radius 1 is 0.962 bits per heavy atom. The molecule has 9 heteroatoms. The normalized spacial score (nSPS) is 11.6. The van der Waals surface area contributed by atoms with E-state index in [1.165, 1.54) is 0 Å². The van der Waals surface area contributed by atoms with Crippen LogP contribution >= 0.6 is 0 Å². The van der Waals surface area contributed by atoms with E-state index in [0.29, 0.717) is 39.3 Å². The molecule has 26 heavy (non-hydrogen) atoms. The van der Waals surface area contributed by atoms with Gasteiger partial charge in [-0.15, -0.1) is 0 Å². The van der Waals surface area contributed by atoms with Crippen LogP contribution < -0.4 is 34.0 Å². The van der Waals surface area contributed by atoms with Crippen molar-refractivity contribution in [2.24, 2.45) is 34.6 Å². The summed E-state index contributed by atoms with van der Waals surface area (Å²) in [6.07, 6.45) is 3.45. The number of hydrogen-bond acceptors (Lipinski definition) is 8. The maximum atomic E-state index is 10.4. The topological polar surface area (TPSA) is 200 Å². The fourth-order valence-electron chi connectivity index (χ4n) is 1.37. The minimum atomic E-state index is -0.643. The first kappa shape index (κ1) is 32.8. The number of hydrogen-bond donors (Lipinski definition) is 8. The molecule has 2 unspecified atom stereocenters. The van der Waals surface area contributed by atoms with Crippen LogP contribution in [0.2, 0.25) is 0 Å². The lowest BCUT2D eigenvalue weighted by Gasteiger charge is -2.06. The Hall–Kier alpha value is -0.810. The molecule has 0 aliphatic rings. The minimum Gasteiger partial charge on any atom is -0.481 e. The molecular weight excluding hydrogens is 336 g/mol. The van der Waals surface area contributed by atoms with Gasteiger partial charge in [-0.2, -0.15) is 0 Å². The lowest BCUT2D eigenvalue weighted by molar-refractivity contribution is -0.142. The molecule has 0 aromatic rings. The van der Waals surface area contributed by atoms with E-state index in [-0.39, 0.29) is 12.0 Å². The molecule has 2 atom stereocenters. The van der Waals surface area contributed by atoms with Gasteiger partial charge in [0.2, 0.25) is 0 Å². The third-order valence-corrected chi connectivity index (χ3v) is 2.84. The molecule has 0 rings (SSSR count). The van der Waals surface area contributed by atoms with Gasteiger partial charge in [0.15, 0.2) is 0 Å². The van der Waals surface area contributed by atoms with E-state index in [0.717, 1.165) is 32.2 Å². The molecule has 0 aromatic carbocycles. The van der Waals surface area contributed by atoms with Crippen LogP contribution in [-0.2, 0) is 4.79 Å². The van der Waals surface area contributed by atoms with Gasteiger partial charge in [0.1, 0.15) is 0 Å². The van der Waals surface area contributed by atoms with E-state index in [2.05, 4.69) is 12.2 Å². The number of carboxylic acids is 1. The number of nitrogens with two attached hydrogens (primary N) is 5. The van der Waals surface area contributed by atoms with Gasteiger partial charge in [0.05, 0.1) is 12.0 Å². The molecule has 0 aliphatic carbocycles. The van der Waals surface area contributed by atoms with Crippen molar-refractivity contribution in [3.05, 3.63) is 0 Å². The zero-order valence-electron chi connectivity index (χ0n) is 17.1. The minimum absolute atomic E-state index is 0.111. The smallest absolute Gasteiger partial charge is 0.306 e. The number of aliphatic carboxylic acids is 1. The summed E-state index contributed by atoms with van der Waals surface area (Å²) in [5, 5.41) is 20.2. The van der Waals surface area contributed by atoms with Gasteiger partial charge in [0, 0.05) is 45.8 Å². The molecule has 0 radical (unpaired) electrons. The Bertz CT molecular complexity index is 239. The Kier molecular flexibility index (Phi) is 40.3. The maximum Gasteiger partial charge on any atom is 0.306 e. The van der Waals surface area contributed by atoms with E-state index < -0.39 is 5.97 Å². The SMILES string of the molecule is CC(O)CNCCN.CCCCC(CC)C(=O)O.NCCN.NCCN.